The Balaban J connectivity index is 2.20. The topological polar surface area (TPSA) is 60.0 Å². The highest BCUT2D eigenvalue weighted by atomic mass is 16.4. The van der Waals surface area contributed by atoms with Crippen LogP contribution >= 0.6 is 0 Å². The number of aromatic nitrogens is 3. The van der Waals surface area contributed by atoms with Crippen LogP contribution in [0.5, 0.6) is 0 Å². The van der Waals surface area contributed by atoms with Crippen LogP contribution < -0.4 is 0 Å². The van der Waals surface area contributed by atoms with Crippen molar-refractivity contribution in [2.45, 2.75) is 26.4 Å². The maximum Gasteiger partial charge on any atom is 0.326 e. The summed E-state index contributed by atoms with van der Waals surface area (Å²) in [6, 6.07) is 7.34. The van der Waals surface area contributed by atoms with Gasteiger partial charge < -0.3 is 14.2 Å². The maximum absolute atomic E-state index is 11.4. The monoisotopic (exact) mass is 283 g/mol. The lowest BCUT2D eigenvalue weighted by Crippen LogP contribution is -2.16. The van der Waals surface area contributed by atoms with E-state index in [0.29, 0.717) is 6.54 Å². The van der Waals surface area contributed by atoms with Gasteiger partial charge in [0.25, 0.3) is 0 Å². The number of benzene rings is 1. The molecule has 3 aromatic rings. The molecule has 0 fully saturated rings. The second-order valence-electron chi connectivity index (χ2n) is 5.20. The van der Waals surface area contributed by atoms with Crippen molar-refractivity contribution in [1.82, 2.24) is 14.1 Å². The van der Waals surface area contributed by atoms with Crippen LogP contribution in [-0.2, 0) is 11.3 Å². The lowest BCUT2D eigenvalue weighted by Gasteiger charge is -2.13. The van der Waals surface area contributed by atoms with E-state index in [4.69, 9.17) is 0 Å². The molecule has 1 atom stereocenters. The molecule has 3 rings (SSSR count). The molecule has 0 saturated heterocycles. The molecule has 0 radical (unpaired) electrons. The Labute approximate surface area is 122 Å². The highest BCUT2D eigenvalue weighted by Gasteiger charge is 2.21. The first-order valence-corrected chi connectivity index (χ1v) is 6.86. The average Bonchev–Trinajstić information content (AvgIpc) is 3.06. The second-order valence-corrected chi connectivity index (χ2v) is 5.20. The van der Waals surface area contributed by atoms with Crippen molar-refractivity contribution in [3.05, 3.63) is 54.2 Å². The summed E-state index contributed by atoms with van der Waals surface area (Å²) < 4.78 is 3.88. The van der Waals surface area contributed by atoms with Crippen LogP contribution in [-0.4, -0.2) is 25.2 Å². The molecule has 2 heterocycles. The van der Waals surface area contributed by atoms with E-state index >= 15 is 0 Å². The first-order valence-electron chi connectivity index (χ1n) is 6.86. The molecular formula is C16H17N3O2. The minimum Gasteiger partial charge on any atom is -0.480 e. The fourth-order valence-electron chi connectivity index (χ4n) is 2.83. The zero-order valence-corrected chi connectivity index (χ0v) is 12.0. The van der Waals surface area contributed by atoms with Gasteiger partial charge in [-0.15, -0.1) is 0 Å². The first-order chi connectivity index (χ1) is 10.1. The number of carboxylic acids is 1. The summed E-state index contributed by atoms with van der Waals surface area (Å²) >= 11 is 0. The summed E-state index contributed by atoms with van der Waals surface area (Å²) in [6.07, 6.45) is 5.42. The number of hydrogen-bond acceptors (Lipinski definition) is 2. The van der Waals surface area contributed by atoms with Gasteiger partial charge in [0.2, 0.25) is 0 Å². The molecule has 5 heteroatoms. The lowest BCUT2D eigenvalue weighted by atomic mass is 10.1. The number of carboxylic acid groups (broad SMARTS) is 1. The Hall–Kier alpha value is -2.56. The standard InChI is InChI=1S/C16H17N3O2/c1-11-14(9-18-8-7-17-10-18)13-5-3-4-6-15(13)19(11)12(2)16(20)21/h3-8,10,12H,9H2,1-2H3,(H,20,21). The summed E-state index contributed by atoms with van der Waals surface area (Å²) in [5, 5.41) is 10.4. The van der Waals surface area contributed by atoms with Crippen molar-refractivity contribution in [2.24, 2.45) is 0 Å². The molecule has 1 unspecified atom stereocenters. The normalized spacial score (nSPS) is 12.7. The predicted octanol–water partition coefficient (Wildman–Crippen LogP) is 2.84. The largest absolute Gasteiger partial charge is 0.480 e. The molecule has 0 aliphatic rings. The van der Waals surface area contributed by atoms with Crippen molar-refractivity contribution in [3.63, 3.8) is 0 Å². The summed E-state index contributed by atoms with van der Waals surface area (Å²) in [4.78, 5) is 15.4. The zero-order chi connectivity index (χ0) is 15.0. The van der Waals surface area contributed by atoms with E-state index in [-0.39, 0.29) is 0 Å². The van der Waals surface area contributed by atoms with E-state index in [0.717, 1.165) is 22.2 Å². The highest BCUT2D eigenvalue weighted by Crippen LogP contribution is 2.29. The molecule has 1 aromatic carbocycles. The Morgan fingerprint density at radius 2 is 2.14 bits per heavy atom. The minimum absolute atomic E-state index is 0.591. The predicted molar refractivity (Wildman–Crippen MR) is 80.4 cm³/mol. The number of para-hydroxylation sites is 1. The number of imidazole rings is 1. The van der Waals surface area contributed by atoms with Crippen LogP contribution in [0.2, 0.25) is 0 Å². The third-order valence-corrected chi connectivity index (χ3v) is 3.93. The molecule has 2 aromatic heterocycles. The average molecular weight is 283 g/mol. The van der Waals surface area contributed by atoms with Crippen molar-refractivity contribution in [1.29, 1.82) is 0 Å². The van der Waals surface area contributed by atoms with Gasteiger partial charge in [0.15, 0.2) is 0 Å². The maximum atomic E-state index is 11.4. The van der Waals surface area contributed by atoms with Crippen LogP contribution in [0.15, 0.2) is 43.0 Å². The van der Waals surface area contributed by atoms with E-state index in [1.54, 1.807) is 19.4 Å². The van der Waals surface area contributed by atoms with Crippen molar-refractivity contribution < 1.29 is 9.90 Å². The summed E-state index contributed by atoms with van der Waals surface area (Å²) in [5.74, 6) is -0.826. The Kier molecular flexibility index (Phi) is 3.25. The van der Waals surface area contributed by atoms with Gasteiger partial charge in [0.05, 0.1) is 12.9 Å². The SMILES string of the molecule is Cc1c(Cn2ccnc2)c2ccccc2n1C(C)C(=O)O. The minimum atomic E-state index is -0.826. The molecule has 0 bridgehead atoms. The van der Waals surface area contributed by atoms with Gasteiger partial charge in [0.1, 0.15) is 6.04 Å². The molecule has 0 spiro atoms. The van der Waals surface area contributed by atoms with Crippen molar-refractivity contribution in [2.75, 3.05) is 0 Å². The molecular weight excluding hydrogens is 266 g/mol. The zero-order valence-electron chi connectivity index (χ0n) is 12.0. The van der Waals surface area contributed by atoms with Gasteiger partial charge in [-0.2, -0.15) is 0 Å². The first kappa shape index (κ1) is 13.4. The van der Waals surface area contributed by atoms with Crippen molar-refractivity contribution >= 4 is 16.9 Å². The molecule has 5 nitrogen and oxygen atoms in total. The Bertz CT molecular complexity index is 787. The van der Waals surface area contributed by atoms with Crippen LogP contribution in [0.4, 0.5) is 0 Å². The van der Waals surface area contributed by atoms with E-state index < -0.39 is 12.0 Å². The number of rotatable bonds is 4. The van der Waals surface area contributed by atoms with E-state index in [1.807, 2.05) is 46.5 Å². The lowest BCUT2D eigenvalue weighted by molar-refractivity contribution is -0.140. The quantitative estimate of drug-likeness (QED) is 0.801. The molecule has 1 N–H and O–H groups in total. The number of carbonyl (C=O) groups is 1. The van der Waals surface area contributed by atoms with Crippen LogP contribution in [0.3, 0.4) is 0 Å². The molecule has 0 aliphatic carbocycles. The number of nitrogens with zero attached hydrogens (tertiary/aromatic N) is 3. The third kappa shape index (κ3) is 2.20. The summed E-state index contributed by atoms with van der Waals surface area (Å²) in [6.45, 7) is 4.38. The summed E-state index contributed by atoms with van der Waals surface area (Å²) in [5.41, 5.74) is 3.08. The van der Waals surface area contributed by atoms with Crippen molar-refractivity contribution in [3.8, 4) is 0 Å². The molecule has 0 saturated carbocycles. The van der Waals surface area contributed by atoms with E-state index in [2.05, 4.69) is 4.98 Å². The molecule has 0 amide bonds. The Morgan fingerprint density at radius 3 is 2.81 bits per heavy atom. The van der Waals surface area contributed by atoms with Crippen LogP contribution in [0.25, 0.3) is 10.9 Å². The van der Waals surface area contributed by atoms with Gasteiger partial charge >= 0.3 is 5.97 Å². The number of hydrogen-bond donors (Lipinski definition) is 1. The Morgan fingerprint density at radius 1 is 1.38 bits per heavy atom. The fourth-order valence-corrected chi connectivity index (χ4v) is 2.83. The number of aliphatic carboxylic acids is 1. The highest BCUT2D eigenvalue weighted by molar-refractivity contribution is 5.87. The third-order valence-electron chi connectivity index (χ3n) is 3.93. The van der Waals surface area contributed by atoms with Crippen LogP contribution in [0.1, 0.15) is 24.2 Å². The van der Waals surface area contributed by atoms with Gasteiger partial charge in [-0.1, -0.05) is 18.2 Å². The molecule has 21 heavy (non-hydrogen) atoms. The van der Waals surface area contributed by atoms with E-state index in [9.17, 15) is 9.90 Å². The van der Waals surface area contributed by atoms with Gasteiger partial charge in [-0.05, 0) is 19.9 Å². The van der Waals surface area contributed by atoms with Crippen LogP contribution in [0, 0.1) is 6.92 Å². The smallest absolute Gasteiger partial charge is 0.326 e. The van der Waals surface area contributed by atoms with E-state index in [1.165, 1.54) is 0 Å². The molecule has 108 valence electrons. The van der Waals surface area contributed by atoms with Gasteiger partial charge in [-0.25, -0.2) is 9.78 Å². The molecule has 0 aliphatic heterocycles. The van der Waals surface area contributed by atoms with Gasteiger partial charge in [-0.3, -0.25) is 0 Å². The number of fused-ring (bicyclic) bond motifs is 1. The van der Waals surface area contributed by atoms with Gasteiger partial charge in [0, 0.05) is 34.6 Å². The fraction of sp³-hybridized carbons (Fsp3) is 0.250. The second kappa shape index (κ2) is 5.09. The summed E-state index contributed by atoms with van der Waals surface area (Å²) in [7, 11) is 0.